The SMILES string of the molecule is CCC(COC(=O)CCSCCS)(COC(=O)CCSCCS)COC(=O)CCSCCS. The van der Waals surface area contributed by atoms with Gasteiger partial charge in [-0.15, -0.1) is 0 Å². The molecule has 194 valence electrons. The molecular weight excluding hydrogens is 541 g/mol. The van der Waals surface area contributed by atoms with E-state index in [2.05, 4.69) is 37.9 Å². The normalized spacial score (nSPS) is 11.3. The Balaban J connectivity index is 4.78. The summed E-state index contributed by atoms with van der Waals surface area (Å²) in [5, 5.41) is 0. The van der Waals surface area contributed by atoms with Crippen molar-refractivity contribution in [1.29, 1.82) is 0 Å². The number of hydrogen-bond donors (Lipinski definition) is 3. The Bertz CT molecular complexity index is 468. The number of carbonyl (C=O) groups excluding carboxylic acids is 3. The Labute approximate surface area is 228 Å². The minimum Gasteiger partial charge on any atom is -0.465 e. The molecule has 12 heteroatoms. The second kappa shape index (κ2) is 22.9. The summed E-state index contributed by atoms with van der Waals surface area (Å²) >= 11 is 17.4. The quantitative estimate of drug-likeness (QED) is 0.0759. The summed E-state index contributed by atoms with van der Waals surface area (Å²) in [6.07, 6.45) is 1.41. The third kappa shape index (κ3) is 19.4. The van der Waals surface area contributed by atoms with Crippen LogP contribution in [0.3, 0.4) is 0 Å². The Morgan fingerprint density at radius 1 is 0.606 bits per heavy atom. The second-order valence-corrected chi connectivity index (χ2v) is 12.1. The molecule has 0 aromatic carbocycles. The largest absolute Gasteiger partial charge is 0.465 e. The Morgan fingerprint density at radius 3 is 1.15 bits per heavy atom. The fourth-order valence-corrected chi connectivity index (χ4v) is 5.41. The van der Waals surface area contributed by atoms with E-state index >= 15 is 0 Å². The molecule has 0 atom stereocenters. The molecule has 0 aliphatic heterocycles. The lowest BCUT2D eigenvalue weighted by atomic mass is 9.88. The number of thiol groups is 3. The lowest BCUT2D eigenvalue weighted by molar-refractivity contribution is -0.161. The molecule has 0 aliphatic rings. The molecular formula is C21H38O6S6. The average Bonchev–Trinajstić information content (AvgIpc) is 2.82. The highest BCUT2D eigenvalue weighted by Gasteiger charge is 2.34. The Kier molecular flexibility index (Phi) is 23.3. The first-order valence-electron chi connectivity index (χ1n) is 11.0. The summed E-state index contributed by atoms with van der Waals surface area (Å²) in [5.74, 6) is 5.94. The molecule has 0 amide bonds. The van der Waals surface area contributed by atoms with Crippen molar-refractivity contribution in [3.8, 4) is 0 Å². The zero-order valence-electron chi connectivity index (χ0n) is 19.3. The van der Waals surface area contributed by atoms with Crippen LogP contribution in [0.5, 0.6) is 0 Å². The summed E-state index contributed by atoms with van der Waals surface area (Å²) in [7, 11) is 0. The van der Waals surface area contributed by atoms with Gasteiger partial charge in [0.1, 0.15) is 19.8 Å². The van der Waals surface area contributed by atoms with E-state index in [1.165, 1.54) is 0 Å². The van der Waals surface area contributed by atoms with Gasteiger partial charge < -0.3 is 14.2 Å². The van der Waals surface area contributed by atoms with Crippen LogP contribution in [0.25, 0.3) is 0 Å². The number of ether oxygens (including phenoxy) is 3. The van der Waals surface area contributed by atoms with Gasteiger partial charge in [-0.05, 0) is 23.7 Å². The average molecular weight is 579 g/mol. The van der Waals surface area contributed by atoms with Gasteiger partial charge in [0.15, 0.2) is 0 Å². The molecule has 0 radical (unpaired) electrons. The van der Waals surface area contributed by atoms with Crippen LogP contribution in [0.1, 0.15) is 32.6 Å². The van der Waals surface area contributed by atoms with E-state index < -0.39 is 5.41 Å². The van der Waals surface area contributed by atoms with Crippen LogP contribution in [0.2, 0.25) is 0 Å². The van der Waals surface area contributed by atoms with Crippen LogP contribution in [-0.2, 0) is 28.6 Å². The third-order valence-corrected chi connectivity index (χ3v) is 8.96. The van der Waals surface area contributed by atoms with E-state index in [1.54, 1.807) is 35.3 Å². The fraction of sp³-hybridized carbons (Fsp3) is 0.857. The summed E-state index contributed by atoms with van der Waals surface area (Å²) in [5.41, 5.74) is -0.768. The molecule has 0 heterocycles. The standard InChI is InChI=1S/C21H38O6S6/c1-2-21(15-25-18(22)3-9-31-12-6-28,16-26-19(23)4-10-32-13-7-29)17-27-20(24)5-11-33-14-8-30/h28-30H,2-17H2,1H3. The molecule has 0 aromatic rings. The van der Waals surface area contributed by atoms with Crippen molar-refractivity contribution in [2.75, 3.05) is 71.6 Å². The first kappa shape index (κ1) is 33.5. The predicted octanol–water partition coefficient (Wildman–Crippen LogP) is 4.17. The third-order valence-electron chi connectivity index (χ3n) is 4.43. The number of carbonyl (C=O) groups is 3. The van der Waals surface area contributed by atoms with Crippen molar-refractivity contribution in [1.82, 2.24) is 0 Å². The smallest absolute Gasteiger partial charge is 0.306 e. The summed E-state index contributed by atoms with van der Waals surface area (Å²) in [4.78, 5) is 36.5. The highest BCUT2D eigenvalue weighted by molar-refractivity contribution is 8.00. The van der Waals surface area contributed by atoms with Crippen LogP contribution in [-0.4, -0.2) is 89.5 Å². The fourth-order valence-electron chi connectivity index (χ4n) is 2.31. The molecule has 33 heavy (non-hydrogen) atoms. The molecule has 0 fully saturated rings. The maximum Gasteiger partial charge on any atom is 0.306 e. The zero-order valence-corrected chi connectivity index (χ0v) is 24.5. The van der Waals surface area contributed by atoms with Crippen molar-refractivity contribution in [3.05, 3.63) is 0 Å². The van der Waals surface area contributed by atoms with Gasteiger partial charge in [0, 0.05) is 34.5 Å². The highest BCUT2D eigenvalue weighted by Crippen LogP contribution is 2.25. The van der Waals surface area contributed by atoms with E-state index in [9.17, 15) is 14.4 Å². The number of thioether (sulfide) groups is 3. The molecule has 0 N–H and O–H groups in total. The predicted molar refractivity (Wildman–Crippen MR) is 153 cm³/mol. The number of rotatable bonds is 22. The van der Waals surface area contributed by atoms with Crippen LogP contribution in [0, 0.1) is 5.41 Å². The molecule has 0 saturated carbocycles. The van der Waals surface area contributed by atoms with E-state index in [-0.39, 0.29) is 37.7 Å². The zero-order chi connectivity index (χ0) is 24.8. The lowest BCUT2D eigenvalue weighted by Crippen LogP contribution is -2.39. The van der Waals surface area contributed by atoms with Crippen molar-refractivity contribution < 1.29 is 28.6 Å². The molecule has 0 aliphatic carbocycles. The van der Waals surface area contributed by atoms with E-state index in [1.807, 2.05) is 6.92 Å². The highest BCUT2D eigenvalue weighted by atomic mass is 32.2. The van der Waals surface area contributed by atoms with Crippen molar-refractivity contribution in [2.45, 2.75) is 32.6 Å². The maximum absolute atomic E-state index is 12.2. The monoisotopic (exact) mass is 578 g/mol. The van der Waals surface area contributed by atoms with Crippen LogP contribution in [0.4, 0.5) is 0 Å². The molecule has 0 bridgehead atoms. The van der Waals surface area contributed by atoms with Gasteiger partial charge in [0.05, 0.1) is 24.7 Å². The Morgan fingerprint density at radius 2 is 0.909 bits per heavy atom. The lowest BCUT2D eigenvalue weighted by Gasteiger charge is -2.31. The second-order valence-electron chi connectivity index (χ2n) is 7.09. The Hall–Kier alpha value is 0.510. The van der Waals surface area contributed by atoms with E-state index in [4.69, 9.17) is 14.2 Å². The molecule has 0 unspecified atom stereocenters. The minimum atomic E-state index is -0.768. The van der Waals surface area contributed by atoms with Gasteiger partial charge in [-0.1, -0.05) is 6.92 Å². The molecule has 0 aromatic heterocycles. The van der Waals surface area contributed by atoms with Gasteiger partial charge in [-0.3, -0.25) is 14.4 Å². The van der Waals surface area contributed by atoms with Crippen LogP contribution in [0.15, 0.2) is 0 Å². The van der Waals surface area contributed by atoms with Crippen LogP contribution >= 0.6 is 73.2 Å². The first-order valence-corrected chi connectivity index (χ1v) is 16.3. The number of esters is 3. The summed E-state index contributed by atoms with van der Waals surface area (Å²) < 4.78 is 16.5. The van der Waals surface area contributed by atoms with E-state index in [0.717, 1.165) is 34.5 Å². The van der Waals surface area contributed by atoms with Gasteiger partial charge in [-0.2, -0.15) is 73.2 Å². The summed E-state index contributed by atoms with van der Waals surface area (Å²) in [6, 6.07) is 0. The molecule has 6 nitrogen and oxygen atoms in total. The summed E-state index contributed by atoms with van der Waals surface area (Å²) in [6.45, 7) is 2.00. The number of hydrogen-bond acceptors (Lipinski definition) is 12. The van der Waals surface area contributed by atoms with Gasteiger partial charge >= 0.3 is 17.9 Å². The van der Waals surface area contributed by atoms with Crippen LogP contribution < -0.4 is 0 Å². The molecule has 0 spiro atoms. The minimum absolute atomic E-state index is 0.0307. The van der Waals surface area contributed by atoms with Gasteiger partial charge in [-0.25, -0.2) is 0 Å². The van der Waals surface area contributed by atoms with Crippen molar-refractivity contribution in [3.63, 3.8) is 0 Å². The van der Waals surface area contributed by atoms with Crippen molar-refractivity contribution in [2.24, 2.45) is 5.41 Å². The topological polar surface area (TPSA) is 78.9 Å². The van der Waals surface area contributed by atoms with Gasteiger partial charge in [0.2, 0.25) is 0 Å². The maximum atomic E-state index is 12.2. The van der Waals surface area contributed by atoms with Crippen molar-refractivity contribution >= 4 is 91.1 Å². The molecule has 0 rings (SSSR count). The van der Waals surface area contributed by atoms with Gasteiger partial charge in [0.25, 0.3) is 0 Å². The molecule has 0 saturated heterocycles. The van der Waals surface area contributed by atoms with E-state index in [0.29, 0.717) is 42.9 Å². The first-order chi connectivity index (χ1) is 15.9.